The Hall–Kier alpha value is -5.34. The molecule has 0 saturated carbocycles. The van der Waals surface area contributed by atoms with Crippen LogP contribution in [0.2, 0.25) is 30.1 Å². The molecular weight excluding hydrogens is 965 g/mol. The van der Waals surface area contributed by atoms with Gasteiger partial charge in [0.05, 0.1) is 81.4 Å². The van der Waals surface area contributed by atoms with Gasteiger partial charge in [0.15, 0.2) is 0 Å². The van der Waals surface area contributed by atoms with Gasteiger partial charge in [-0.1, -0.05) is 112 Å². The summed E-state index contributed by atoms with van der Waals surface area (Å²) >= 11 is 37.3. The van der Waals surface area contributed by atoms with E-state index in [0.29, 0.717) is 39.6 Å². The molecule has 340 valence electrons. The highest BCUT2D eigenvalue weighted by Crippen LogP contribution is 2.35. The first kappa shape index (κ1) is 50.7. The minimum absolute atomic E-state index is 0.106. The normalized spacial score (nSPS) is 12.2. The average Bonchev–Trinajstić information content (AvgIpc) is 3.26. The van der Waals surface area contributed by atoms with Gasteiger partial charge in [-0.05, 0) is 77.4 Å². The molecule has 18 heteroatoms. The van der Waals surface area contributed by atoms with E-state index in [2.05, 4.69) is 10.6 Å². The number of para-hydroxylation sites is 4. The van der Waals surface area contributed by atoms with Gasteiger partial charge in [0.25, 0.3) is 0 Å². The van der Waals surface area contributed by atoms with Gasteiger partial charge < -0.3 is 29.6 Å². The second-order valence-electron chi connectivity index (χ2n) is 14.5. The lowest BCUT2D eigenvalue weighted by molar-refractivity contribution is -0.160. The summed E-state index contributed by atoms with van der Waals surface area (Å²) in [6.45, 7) is 0. The Kier molecular flexibility index (Phi) is 18.9. The first-order valence-electron chi connectivity index (χ1n) is 19.7. The lowest BCUT2D eigenvalue weighted by Gasteiger charge is -2.19. The van der Waals surface area contributed by atoms with Crippen LogP contribution in [0.4, 0.5) is 11.4 Å². The molecule has 0 fully saturated rings. The first-order chi connectivity index (χ1) is 31.0. The van der Waals surface area contributed by atoms with E-state index in [1.54, 1.807) is 60.7 Å². The Bertz CT molecular complexity index is 2420. The lowest BCUT2D eigenvalue weighted by Crippen LogP contribution is -2.23. The van der Waals surface area contributed by atoms with Crippen LogP contribution in [0.25, 0.3) is 0 Å². The van der Waals surface area contributed by atoms with Crippen LogP contribution < -0.4 is 20.1 Å². The van der Waals surface area contributed by atoms with Crippen LogP contribution in [0.1, 0.15) is 73.0 Å². The zero-order valence-electron chi connectivity index (χ0n) is 34.6. The molecule has 0 radical (unpaired) electrons. The minimum Gasteiger partial charge on any atom is -0.495 e. The first-order valence-corrected chi connectivity index (χ1v) is 22.0. The fourth-order valence-corrected chi connectivity index (χ4v) is 7.71. The number of esters is 4. The molecular formula is C47H40Cl6N2O10. The zero-order valence-corrected chi connectivity index (χ0v) is 39.2. The molecule has 0 heterocycles. The van der Waals surface area contributed by atoms with Crippen molar-refractivity contribution in [1.29, 1.82) is 0 Å². The van der Waals surface area contributed by atoms with Crippen molar-refractivity contribution in [2.45, 2.75) is 56.3 Å². The number of hydrogen-bond donors (Lipinski definition) is 2. The predicted molar refractivity (Wildman–Crippen MR) is 251 cm³/mol. The summed E-state index contributed by atoms with van der Waals surface area (Å²) in [4.78, 5) is 80.3. The van der Waals surface area contributed by atoms with Gasteiger partial charge in [0.2, 0.25) is 11.8 Å². The number of ether oxygens (including phenoxy) is 4. The van der Waals surface area contributed by atoms with Gasteiger partial charge >= 0.3 is 23.9 Å². The van der Waals surface area contributed by atoms with Crippen LogP contribution in [-0.4, -0.2) is 49.9 Å². The number of hydrogen-bond acceptors (Lipinski definition) is 10. The van der Waals surface area contributed by atoms with E-state index in [1.807, 2.05) is 0 Å². The van der Waals surface area contributed by atoms with Gasteiger partial charge in [-0.3, -0.25) is 28.8 Å². The summed E-state index contributed by atoms with van der Waals surface area (Å²) in [5, 5.41) is 6.69. The van der Waals surface area contributed by atoms with E-state index in [9.17, 15) is 28.8 Å². The number of amides is 2. The predicted octanol–water partition coefficient (Wildman–Crippen LogP) is 12.0. The molecule has 5 aromatic rings. The lowest BCUT2D eigenvalue weighted by atomic mass is 9.91. The van der Waals surface area contributed by atoms with E-state index in [-0.39, 0.29) is 43.0 Å². The van der Waals surface area contributed by atoms with Gasteiger partial charge in [0, 0.05) is 30.6 Å². The summed E-state index contributed by atoms with van der Waals surface area (Å²) < 4.78 is 21.1. The van der Waals surface area contributed by atoms with Crippen LogP contribution >= 0.6 is 69.6 Å². The number of halogens is 6. The zero-order chi connectivity index (χ0) is 47.2. The van der Waals surface area contributed by atoms with Crippen molar-refractivity contribution in [2.24, 2.45) is 0 Å². The molecule has 65 heavy (non-hydrogen) atoms. The quantitative estimate of drug-likeness (QED) is 0.0601. The van der Waals surface area contributed by atoms with Crippen LogP contribution in [0, 0.1) is 0 Å². The monoisotopic (exact) mass is 1000 g/mol. The third-order valence-electron chi connectivity index (χ3n) is 9.98. The molecule has 0 aliphatic heterocycles. The molecule has 2 N–H and O–H groups in total. The molecule has 0 spiro atoms. The van der Waals surface area contributed by atoms with Crippen LogP contribution in [0.5, 0.6) is 11.5 Å². The van der Waals surface area contributed by atoms with E-state index < -0.39 is 79.1 Å². The van der Waals surface area contributed by atoms with Gasteiger partial charge in [-0.2, -0.15) is 0 Å². The van der Waals surface area contributed by atoms with Crippen LogP contribution in [0.3, 0.4) is 0 Å². The molecule has 2 atom stereocenters. The maximum Gasteiger partial charge on any atom is 0.314 e. The van der Waals surface area contributed by atoms with Crippen molar-refractivity contribution in [3.63, 3.8) is 0 Å². The molecule has 0 aliphatic carbocycles. The highest BCUT2D eigenvalue weighted by molar-refractivity contribution is 6.43. The Balaban J connectivity index is 1.28. The number of rotatable bonds is 19. The second-order valence-corrected chi connectivity index (χ2v) is 17.0. The molecule has 0 aliphatic rings. The summed E-state index contributed by atoms with van der Waals surface area (Å²) in [5.74, 6) is -6.82. The largest absolute Gasteiger partial charge is 0.495 e. The van der Waals surface area contributed by atoms with Crippen molar-refractivity contribution in [3.05, 3.63) is 150 Å². The fraction of sp³-hybridized carbons (Fsp3) is 0.234. The van der Waals surface area contributed by atoms with Crippen LogP contribution in [-0.2, 0) is 38.2 Å². The average molecular weight is 1010 g/mol. The van der Waals surface area contributed by atoms with Gasteiger partial charge in [-0.25, -0.2) is 0 Å². The molecule has 0 aromatic heterocycles. The second kappa shape index (κ2) is 24.3. The molecule has 0 bridgehead atoms. The maximum atomic E-state index is 13.5. The number of methoxy groups -OCH3 is 2. The SMILES string of the molecule is COc1ccccc1NC(=O)CC(CC(=O)OC(=O)CC(CC(=O)OC(=O)CC(CC(=O)Nc1ccccc1OC)c1ccc(Cl)c(Cl)c1)c1ccc(Cl)c(Cl)c1)c1ccc(Cl)c(Cl)c1. The summed E-state index contributed by atoms with van der Waals surface area (Å²) in [6.07, 6.45) is -2.43. The fourth-order valence-electron chi connectivity index (χ4n) is 6.79. The maximum absolute atomic E-state index is 13.5. The van der Waals surface area contributed by atoms with E-state index in [0.717, 1.165) is 0 Å². The van der Waals surface area contributed by atoms with Crippen molar-refractivity contribution in [1.82, 2.24) is 0 Å². The summed E-state index contributed by atoms with van der Waals surface area (Å²) in [7, 11) is 2.91. The van der Waals surface area contributed by atoms with Gasteiger partial charge in [0.1, 0.15) is 11.5 Å². The summed E-state index contributed by atoms with van der Waals surface area (Å²) in [6, 6.07) is 27.2. The highest BCUT2D eigenvalue weighted by atomic mass is 35.5. The summed E-state index contributed by atoms with van der Waals surface area (Å²) in [5.41, 5.74) is 2.09. The smallest absolute Gasteiger partial charge is 0.314 e. The Morgan fingerprint density at radius 3 is 1.00 bits per heavy atom. The molecule has 0 saturated heterocycles. The van der Waals surface area contributed by atoms with Crippen molar-refractivity contribution < 1.29 is 47.7 Å². The molecule has 2 unspecified atom stereocenters. The number of benzene rings is 5. The van der Waals surface area contributed by atoms with Crippen molar-refractivity contribution in [3.8, 4) is 11.5 Å². The van der Waals surface area contributed by atoms with E-state index in [1.165, 1.54) is 56.7 Å². The molecule has 5 rings (SSSR count). The number of nitrogens with one attached hydrogen (secondary N) is 2. The number of carbonyl (C=O) groups is 6. The van der Waals surface area contributed by atoms with Gasteiger partial charge in [-0.15, -0.1) is 0 Å². The molecule has 2 amide bonds. The molecule has 12 nitrogen and oxygen atoms in total. The number of carbonyl (C=O) groups excluding carboxylic acids is 6. The standard InChI is InChI=1S/C47H40Cl6N2O10/c1-62-40-9-5-3-7-38(40)54-42(56)20-29(26-11-14-32(48)35(51)17-26)22-44(58)64-46(60)24-31(28-13-16-34(50)37(53)19-28)25-47(61)65-45(59)23-30(27-12-15-33(49)36(52)18-27)21-43(57)55-39-8-4-6-10-41(39)63-2/h3-19,29-31H,20-25H2,1-2H3,(H,54,56)(H,55,57). The van der Waals surface area contributed by atoms with E-state index >= 15 is 0 Å². The Morgan fingerprint density at radius 1 is 0.415 bits per heavy atom. The topological polar surface area (TPSA) is 163 Å². The Morgan fingerprint density at radius 2 is 0.708 bits per heavy atom. The minimum atomic E-state index is -1.03. The van der Waals surface area contributed by atoms with Crippen molar-refractivity contribution >= 4 is 117 Å². The highest BCUT2D eigenvalue weighted by Gasteiger charge is 2.29. The van der Waals surface area contributed by atoms with E-state index in [4.69, 9.17) is 88.6 Å². The van der Waals surface area contributed by atoms with Crippen molar-refractivity contribution in [2.75, 3.05) is 24.9 Å². The molecule has 5 aromatic carbocycles. The Labute approximate surface area is 404 Å². The van der Waals surface area contributed by atoms with Crippen LogP contribution in [0.15, 0.2) is 103 Å². The number of anilines is 2. The third-order valence-corrected chi connectivity index (χ3v) is 12.2. The third kappa shape index (κ3) is 15.1.